The third-order valence-electron chi connectivity index (χ3n) is 3.12. The number of ether oxygens (including phenoxy) is 1. The molecule has 0 spiro atoms. The van der Waals surface area contributed by atoms with Crippen LogP contribution in [0.15, 0.2) is 0 Å². The number of aliphatic hydroxyl groups is 1. The van der Waals surface area contributed by atoms with Crippen LogP contribution in [-0.2, 0) is 19.6 Å². The van der Waals surface area contributed by atoms with Gasteiger partial charge in [0.15, 0.2) is 0 Å². The van der Waals surface area contributed by atoms with Gasteiger partial charge in [-0.3, -0.25) is 4.79 Å². The van der Waals surface area contributed by atoms with Crippen LogP contribution in [0, 0.1) is 0 Å². The van der Waals surface area contributed by atoms with Crippen molar-refractivity contribution in [1.82, 2.24) is 9.62 Å². The molecule has 1 aliphatic heterocycles. The van der Waals surface area contributed by atoms with Gasteiger partial charge >= 0.3 is 0 Å². The summed E-state index contributed by atoms with van der Waals surface area (Å²) in [5.41, 5.74) is 0. The first-order chi connectivity index (χ1) is 8.90. The number of nitrogens with one attached hydrogen (secondary N) is 1. The van der Waals surface area contributed by atoms with Gasteiger partial charge in [-0.15, -0.1) is 0 Å². The molecule has 19 heavy (non-hydrogen) atoms. The monoisotopic (exact) mass is 294 g/mol. The lowest BCUT2D eigenvalue weighted by Gasteiger charge is -2.33. The number of hydrogen-bond acceptors (Lipinski definition) is 5. The van der Waals surface area contributed by atoms with Gasteiger partial charge in [-0.05, 0) is 12.8 Å². The largest absolute Gasteiger partial charge is 0.394 e. The van der Waals surface area contributed by atoms with Gasteiger partial charge < -0.3 is 15.2 Å². The van der Waals surface area contributed by atoms with Crippen LogP contribution in [0.3, 0.4) is 0 Å². The quantitative estimate of drug-likeness (QED) is 0.650. The first-order valence-corrected chi connectivity index (χ1v) is 8.12. The number of amides is 1. The lowest BCUT2D eigenvalue weighted by Crippen LogP contribution is -2.54. The first kappa shape index (κ1) is 16.4. The SMILES string of the molecule is COCC(CO)NC(=O)C1CCCCN1S(C)(=O)=O. The van der Waals surface area contributed by atoms with Crippen LogP contribution in [0.1, 0.15) is 19.3 Å². The highest BCUT2D eigenvalue weighted by Gasteiger charge is 2.34. The predicted molar refractivity (Wildman–Crippen MR) is 70.1 cm³/mol. The third-order valence-corrected chi connectivity index (χ3v) is 4.41. The van der Waals surface area contributed by atoms with E-state index in [0.717, 1.165) is 19.1 Å². The lowest BCUT2D eigenvalue weighted by atomic mass is 10.0. The number of piperidine rings is 1. The topological polar surface area (TPSA) is 95.9 Å². The highest BCUT2D eigenvalue weighted by molar-refractivity contribution is 7.88. The minimum atomic E-state index is -3.40. The van der Waals surface area contributed by atoms with E-state index in [1.807, 2.05) is 0 Å². The molecule has 1 fully saturated rings. The zero-order valence-electron chi connectivity index (χ0n) is 11.3. The highest BCUT2D eigenvalue weighted by atomic mass is 32.2. The van der Waals surface area contributed by atoms with Crippen LogP contribution in [0.5, 0.6) is 0 Å². The number of nitrogens with zero attached hydrogens (tertiary/aromatic N) is 1. The van der Waals surface area contributed by atoms with Gasteiger partial charge in [-0.2, -0.15) is 4.31 Å². The van der Waals surface area contributed by atoms with Gasteiger partial charge in [-0.1, -0.05) is 6.42 Å². The second-order valence-electron chi connectivity index (χ2n) is 4.73. The Hall–Kier alpha value is -0.700. The van der Waals surface area contributed by atoms with E-state index in [1.165, 1.54) is 11.4 Å². The van der Waals surface area contributed by atoms with E-state index >= 15 is 0 Å². The van der Waals surface area contributed by atoms with Crippen LogP contribution < -0.4 is 5.32 Å². The molecule has 7 nitrogen and oxygen atoms in total. The van der Waals surface area contributed by atoms with Crippen LogP contribution in [0.4, 0.5) is 0 Å². The minimum absolute atomic E-state index is 0.188. The molecule has 1 saturated heterocycles. The summed E-state index contributed by atoms with van der Waals surface area (Å²) in [4.78, 5) is 12.1. The molecule has 2 N–H and O–H groups in total. The summed E-state index contributed by atoms with van der Waals surface area (Å²) in [6.07, 6.45) is 3.19. The Bertz CT molecular complexity index is 398. The number of aliphatic hydroxyl groups excluding tert-OH is 1. The molecular weight excluding hydrogens is 272 g/mol. The zero-order valence-corrected chi connectivity index (χ0v) is 12.1. The van der Waals surface area contributed by atoms with Crippen LogP contribution in [-0.4, -0.2) is 68.9 Å². The molecule has 0 aromatic heterocycles. The van der Waals surface area contributed by atoms with Crippen molar-refractivity contribution in [1.29, 1.82) is 0 Å². The van der Waals surface area contributed by atoms with Crippen molar-refractivity contribution in [3.63, 3.8) is 0 Å². The standard InChI is InChI=1S/C11H22N2O5S/c1-18-8-9(7-14)12-11(15)10-5-3-4-6-13(10)19(2,16)17/h9-10,14H,3-8H2,1-2H3,(H,12,15). The molecule has 1 heterocycles. The molecule has 1 amide bonds. The molecule has 0 saturated carbocycles. The second-order valence-corrected chi connectivity index (χ2v) is 6.66. The Morgan fingerprint density at radius 3 is 2.74 bits per heavy atom. The number of sulfonamides is 1. The van der Waals surface area contributed by atoms with Crippen LogP contribution in [0.25, 0.3) is 0 Å². The highest BCUT2D eigenvalue weighted by Crippen LogP contribution is 2.20. The van der Waals surface area contributed by atoms with E-state index in [1.54, 1.807) is 0 Å². The Balaban J connectivity index is 2.72. The van der Waals surface area contributed by atoms with E-state index in [-0.39, 0.29) is 19.1 Å². The summed E-state index contributed by atoms with van der Waals surface area (Å²) in [6.45, 7) is 0.310. The molecule has 1 rings (SSSR count). The van der Waals surface area contributed by atoms with Gasteiger partial charge in [0.25, 0.3) is 0 Å². The van der Waals surface area contributed by atoms with Gasteiger partial charge in [0.2, 0.25) is 15.9 Å². The number of carbonyl (C=O) groups excluding carboxylic acids is 1. The number of carbonyl (C=O) groups is 1. The van der Waals surface area contributed by atoms with Crippen LogP contribution in [0.2, 0.25) is 0 Å². The van der Waals surface area contributed by atoms with E-state index < -0.39 is 22.1 Å². The van der Waals surface area contributed by atoms with Crippen molar-refractivity contribution in [2.75, 3.05) is 33.1 Å². The summed E-state index contributed by atoms with van der Waals surface area (Å²) in [5.74, 6) is -0.374. The predicted octanol–water partition coefficient (Wildman–Crippen LogP) is -1.08. The fraction of sp³-hybridized carbons (Fsp3) is 0.909. The molecule has 112 valence electrons. The molecule has 0 bridgehead atoms. The van der Waals surface area contributed by atoms with E-state index in [4.69, 9.17) is 9.84 Å². The fourth-order valence-corrected chi connectivity index (χ4v) is 3.33. The average molecular weight is 294 g/mol. The Labute approximate surface area is 114 Å². The third kappa shape index (κ3) is 4.72. The summed E-state index contributed by atoms with van der Waals surface area (Å²) in [5, 5.41) is 11.7. The number of rotatable bonds is 6. The maximum atomic E-state index is 12.1. The Kier molecular flexibility index (Phi) is 6.18. The van der Waals surface area contributed by atoms with Gasteiger partial charge in [0.1, 0.15) is 6.04 Å². The molecule has 0 aromatic rings. The molecular formula is C11H22N2O5S. The van der Waals surface area contributed by atoms with E-state index in [0.29, 0.717) is 13.0 Å². The van der Waals surface area contributed by atoms with Crippen molar-refractivity contribution in [2.24, 2.45) is 0 Å². The van der Waals surface area contributed by atoms with Gasteiger partial charge in [0, 0.05) is 13.7 Å². The molecule has 2 atom stereocenters. The van der Waals surface area contributed by atoms with Gasteiger partial charge in [-0.25, -0.2) is 8.42 Å². The van der Waals surface area contributed by atoms with Crippen LogP contribution >= 0.6 is 0 Å². The lowest BCUT2D eigenvalue weighted by molar-refractivity contribution is -0.127. The molecule has 0 aliphatic carbocycles. The maximum Gasteiger partial charge on any atom is 0.238 e. The van der Waals surface area contributed by atoms with Gasteiger partial charge in [0.05, 0.1) is 25.5 Å². The zero-order chi connectivity index (χ0) is 14.5. The Morgan fingerprint density at radius 2 is 2.21 bits per heavy atom. The summed E-state index contributed by atoms with van der Waals surface area (Å²) in [7, 11) is -1.93. The molecule has 0 aromatic carbocycles. The van der Waals surface area contributed by atoms with Crippen molar-refractivity contribution in [3.8, 4) is 0 Å². The summed E-state index contributed by atoms with van der Waals surface area (Å²) < 4.78 is 29.4. The molecule has 2 unspecified atom stereocenters. The van der Waals surface area contributed by atoms with Crippen molar-refractivity contribution in [3.05, 3.63) is 0 Å². The number of methoxy groups -OCH3 is 1. The smallest absolute Gasteiger partial charge is 0.238 e. The Morgan fingerprint density at radius 1 is 1.53 bits per heavy atom. The minimum Gasteiger partial charge on any atom is -0.394 e. The second kappa shape index (κ2) is 7.18. The first-order valence-electron chi connectivity index (χ1n) is 6.27. The average Bonchev–Trinajstić information content (AvgIpc) is 2.37. The van der Waals surface area contributed by atoms with E-state index in [9.17, 15) is 13.2 Å². The fourth-order valence-electron chi connectivity index (χ4n) is 2.20. The summed E-state index contributed by atoms with van der Waals surface area (Å²) in [6, 6.07) is -1.20. The maximum absolute atomic E-state index is 12.1. The van der Waals surface area contributed by atoms with E-state index in [2.05, 4.69) is 5.32 Å². The molecule has 1 aliphatic rings. The summed E-state index contributed by atoms with van der Waals surface area (Å²) >= 11 is 0. The van der Waals surface area contributed by atoms with Crippen molar-refractivity contribution >= 4 is 15.9 Å². The molecule has 0 radical (unpaired) electrons. The molecule has 8 heteroatoms. The van der Waals surface area contributed by atoms with Crippen molar-refractivity contribution < 1.29 is 23.1 Å². The van der Waals surface area contributed by atoms with Crippen molar-refractivity contribution in [2.45, 2.75) is 31.3 Å². The normalized spacial score (nSPS) is 23.0. The number of hydrogen-bond donors (Lipinski definition) is 2.